The van der Waals surface area contributed by atoms with Crippen LogP contribution < -0.4 is 10.6 Å². The van der Waals surface area contributed by atoms with E-state index in [2.05, 4.69) is 57.4 Å². The molecule has 1 unspecified atom stereocenters. The average molecular weight is 276 g/mol. The van der Waals surface area contributed by atoms with E-state index in [9.17, 15) is 4.79 Å². The highest BCUT2D eigenvalue weighted by atomic mass is 16.1. The molecule has 0 bridgehead atoms. The lowest BCUT2D eigenvalue weighted by molar-refractivity contribution is -0.116. The topological polar surface area (TPSA) is 41.1 Å². The van der Waals surface area contributed by atoms with Crippen molar-refractivity contribution in [3.63, 3.8) is 0 Å². The summed E-state index contributed by atoms with van der Waals surface area (Å²) in [6.45, 7) is 11.4. The molecule has 1 amide bonds. The van der Waals surface area contributed by atoms with Gasteiger partial charge in [0.1, 0.15) is 0 Å². The summed E-state index contributed by atoms with van der Waals surface area (Å²) in [6.07, 6.45) is 1.62. The van der Waals surface area contributed by atoms with E-state index in [0.29, 0.717) is 18.9 Å². The summed E-state index contributed by atoms with van der Waals surface area (Å²) < 4.78 is 0. The molecule has 0 aliphatic heterocycles. The van der Waals surface area contributed by atoms with Gasteiger partial charge < -0.3 is 10.6 Å². The Kier molecular flexibility index (Phi) is 6.21. The number of nitrogens with one attached hydrogen (secondary N) is 2. The average Bonchev–Trinajstić information content (AvgIpc) is 2.37. The van der Waals surface area contributed by atoms with E-state index in [4.69, 9.17) is 0 Å². The van der Waals surface area contributed by atoms with Crippen molar-refractivity contribution in [2.45, 2.75) is 58.9 Å². The maximum atomic E-state index is 11.8. The highest BCUT2D eigenvalue weighted by molar-refractivity contribution is 5.90. The number of amides is 1. The van der Waals surface area contributed by atoms with Gasteiger partial charge in [-0.3, -0.25) is 4.79 Å². The molecule has 1 rings (SSSR count). The molecule has 3 heteroatoms. The van der Waals surface area contributed by atoms with Gasteiger partial charge in [0.2, 0.25) is 5.91 Å². The van der Waals surface area contributed by atoms with Gasteiger partial charge in [0.05, 0.1) is 0 Å². The zero-order chi connectivity index (χ0) is 15.2. The molecule has 3 nitrogen and oxygen atoms in total. The van der Waals surface area contributed by atoms with E-state index in [1.165, 1.54) is 5.56 Å². The summed E-state index contributed by atoms with van der Waals surface area (Å²) in [4.78, 5) is 11.8. The van der Waals surface area contributed by atoms with Crippen LogP contribution in [0.2, 0.25) is 0 Å². The Morgan fingerprint density at radius 2 is 1.80 bits per heavy atom. The van der Waals surface area contributed by atoms with Gasteiger partial charge in [-0.25, -0.2) is 0 Å². The molecule has 1 aromatic rings. The number of rotatable bonds is 6. The van der Waals surface area contributed by atoms with Crippen LogP contribution >= 0.6 is 0 Å². The van der Waals surface area contributed by atoms with Crippen LogP contribution in [-0.2, 0) is 4.79 Å². The Labute approximate surface area is 123 Å². The van der Waals surface area contributed by atoms with E-state index in [1.807, 2.05) is 12.1 Å². The molecule has 0 spiro atoms. The molecule has 0 heterocycles. The summed E-state index contributed by atoms with van der Waals surface area (Å²) >= 11 is 0. The molecule has 1 aromatic carbocycles. The van der Waals surface area contributed by atoms with Crippen LogP contribution in [0.3, 0.4) is 0 Å². The van der Waals surface area contributed by atoms with E-state index in [1.54, 1.807) is 0 Å². The summed E-state index contributed by atoms with van der Waals surface area (Å²) in [7, 11) is 0. The van der Waals surface area contributed by atoms with Crippen LogP contribution in [0.1, 0.15) is 58.9 Å². The Morgan fingerprint density at radius 3 is 2.30 bits per heavy atom. The van der Waals surface area contributed by atoms with Gasteiger partial charge in [-0.2, -0.15) is 0 Å². The normalized spacial score (nSPS) is 13.1. The zero-order valence-electron chi connectivity index (χ0n) is 13.4. The fraction of sp³-hybridized carbons (Fsp3) is 0.588. The van der Waals surface area contributed by atoms with E-state index in [-0.39, 0.29) is 11.4 Å². The third kappa shape index (κ3) is 6.20. The van der Waals surface area contributed by atoms with Crippen molar-refractivity contribution < 1.29 is 4.79 Å². The maximum Gasteiger partial charge on any atom is 0.225 e. The molecule has 0 aliphatic carbocycles. The smallest absolute Gasteiger partial charge is 0.225 e. The molecule has 0 aliphatic rings. The van der Waals surface area contributed by atoms with Crippen LogP contribution in [0.4, 0.5) is 5.69 Å². The van der Waals surface area contributed by atoms with Crippen LogP contribution in [0.25, 0.3) is 0 Å². The van der Waals surface area contributed by atoms with E-state index in [0.717, 1.165) is 12.1 Å². The number of anilines is 1. The largest absolute Gasteiger partial charge is 0.326 e. The molecule has 0 fully saturated rings. The van der Waals surface area contributed by atoms with Gasteiger partial charge >= 0.3 is 0 Å². The molecular formula is C17H28N2O. The number of hydrogen-bond acceptors (Lipinski definition) is 2. The second kappa shape index (κ2) is 7.44. The Bertz CT molecular complexity index is 418. The Hall–Kier alpha value is -1.35. The molecule has 0 saturated carbocycles. The Morgan fingerprint density at radius 1 is 1.20 bits per heavy atom. The van der Waals surface area contributed by atoms with Crippen molar-refractivity contribution in [2.75, 3.05) is 11.9 Å². The van der Waals surface area contributed by atoms with Gasteiger partial charge in [0.25, 0.3) is 0 Å². The molecule has 0 saturated heterocycles. The van der Waals surface area contributed by atoms with Crippen molar-refractivity contribution in [2.24, 2.45) is 0 Å². The van der Waals surface area contributed by atoms with Crippen molar-refractivity contribution in [1.29, 1.82) is 0 Å². The van der Waals surface area contributed by atoms with E-state index < -0.39 is 0 Å². The van der Waals surface area contributed by atoms with Crippen molar-refractivity contribution in [3.05, 3.63) is 29.8 Å². The van der Waals surface area contributed by atoms with E-state index >= 15 is 0 Å². The van der Waals surface area contributed by atoms with Gasteiger partial charge in [0, 0.05) is 24.2 Å². The SMILES string of the molecule is CCC(C)c1ccc(NC(=O)CCNC(C)(C)C)cc1. The van der Waals surface area contributed by atoms with Gasteiger partial charge in [-0.1, -0.05) is 26.0 Å². The highest BCUT2D eigenvalue weighted by Gasteiger charge is 2.10. The first-order chi connectivity index (χ1) is 9.31. The van der Waals surface area contributed by atoms with Crippen molar-refractivity contribution >= 4 is 11.6 Å². The van der Waals surface area contributed by atoms with Crippen molar-refractivity contribution in [1.82, 2.24) is 5.32 Å². The lowest BCUT2D eigenvalue weighted by atomic mass is 9.99. The first-order valence-electron chi connectivity index (χ1n) is 7.46. The van der Waals surface area contributed by atoms with Crippen LogP contribution in [0.5, 0.6) is 0 Å². The first kappa shape index (κ1) is 16.7. The first-order valence-corrected chi connectivity index (χ1v) is 7.46. The summed E-state index contributed by atoms with van der Waals surface area (Å²) in [5, 5.41) is 6.24. The minimum Gasteiger partial charge on any atom is -0.326 e. The van der Waals surface area contributed by atoms with Gasteiger partial charge in [-0.05, 0) is 50.8 Å². The summed E-state index contributed by atoms with van der Waals surface area (Å²) in [6, 6.07) is 8.15. The molecule has 0 aromatic heterocycles. The molecular weight excluding hydrogens is 248 g/mol. The second-order valence-electron chi connectivity index (χ2n) is 6.41. The quantitative estimate of drug-likeness (QED) is 0.827. The number of hydrogen-bond donors (Lipinski definition) is 2. The fourth-order valence-corrected chi connectivity index (χ4v) is 1.91. The zero-order valence-corrected chi connectivity index (χ0v) is 13.4. The molecule has 112 valence electrons. The van der Waals surface area contributed by atoms with Crippen LogP contribution in [-0.4, -0.2) is 18.0 Å². The second-order valence-corrected chi connectivity index (χ2v) is 6.41. The maximum absolute atomic E-state index is 11.8. The summed E-state index contributed by atoms with van der Waals surface area (Å²) in [5.41, 5.74) is 2.25. The minimum atomic E-state index is 0.0537. The summed E-state index contributed by atoms with van der Waals surface area (Å²) in [5.74, 6) is 0.619. The molecule has 1 atom stereocenters. The van der Waals surface area contributed by atoms with Crippen LogP contribution in [0.15, 0.2) is 24.3 Å². The molecule has 20 heavy (non-hydrogen) atoms. The third-order valence-electron chi connectivity index (χ3n) is 3.38. The standard InChI is InChI=1S/C17H28N2O/c1-6-13(2)14-7-9-15(10-8-14)19-16(20)11-12-18-17(3,4)5/h7-10,13,18H,6,11-12H2,1-5H3,(H,19,20). The van der Waals surface area contributed by atoms with Crippen molar-refractivity contribution in [3.8, 4) is 0 Å². The van der Waals surface area contributed by atoms with Gasteiger partial charge in [0.15, 0.2) is 0 Å². The Balaban J connectivity index is 2.42. The number of benzene rings is 1. The van der Waals surface area contributed by atoms with Gasteiger partial charge in [-0.15, -0.1) is 0 Å². The fourth-order valence-electron chi connectivity index (χ4n) is 1.91. The molecule has 2 N–H and O–H groups in total. The monoisotopic (exact) mass is 276 g/mol. The number of carbonyl (C=O) groups excluding carboxylic acids is 1. The third-order valence-corrected chi connectivity index (χ3v) is 3.38. The predicted octanol–water partition coefficient (Wildman–Crippen LogP) is 3.92. The number of carbonyl (C=O) groups is 1. The lowest BCUT2D eigenvalue weighted by Gasteiger charge is -2.20. The predicted molar refractivity (Wildman–Crippen MR) is 86.2 cm³/mol. The van der Waals surface area contributed by atoms with Crippen LogP contribution in [0, 0.1) is 0 Å². The minimum absolute atomic E-state index is 0.0537. The lowest BCUT2D eigenvalue weighted by Crippen LogP contribution is -2.37. The highest BCUT2D eigenvalue weighted by Crippen LogP contribution is 2.20. The molecule has 0 radical (unpaired) electrons.